The van der Waals surface area contributed by atoms with Crippen molar-refractivity contribution in [3.63, 3.8) is 0 Å². The van der Waals surface area contributed by atoms with Crippen LogP contribution < -0.4 is 21.9 Å². The molecule has 0 aliphatic rings. The number of amides is 1. The second-order valence-corrected chi connectivity index (χ2v) is 7.57. The smallest absolute Gasteiger partial charge is 0.330 e. The molecule has 0 bridgehead atoms. The molecule has 0 atom stereocenters. The Morgan fingerprint density at radius 3 is 2.18 bits per heavy atom. The largest absolute Gasteiger partial charge is 0.383 e. The van der Waals surface area contributed by atoms with Gasteiger partial charge in [0.1, 0.15) is 17.5 Å². The number of halogens is 2. The molecule has 0 saturated carbocycles. The van der Waals surface area contributed by atoms with Gasteiger partial charge in [-0.25, -0.2) is 13.6 Å². The quantitative estimate of drug-likeness (QED) is 0.459. The van der Waals surface area contributed by atoms with E-state index in [9.17, 15) is 23.2 Å². The molecule has 0 unspecified atom stereocenters. The third kappa shape index (κ3) is 4.63. The number of rotatable bonds is 6. The van der Waals surface area contributed by atoms with Crippen molar-refractivity contribution >= 4 is 17.4 Å². The van der Waals surface area contributed by atoms with Crippen LogP contribution in [0.25, 0.3) is 0 Å². The first-order valence-corrected chi connectivity index (χ1v) is 10.3. The molecule has 1 amide bonds. The normalized spacial score (nSPS) is 10.8. The molecular weight excluding hydrogens is 442 g/mol. The highest BCUT2D eigenvalue weighted by Crippen LogP contribution is 2.24. The first-order valence-electron chi connectivity index (χ1n) is 10.3. The number of anilines is 2. The summed E-state index contributed by atoms with van der Waals surface area (Å²) in [5.74, 6) is -3.04. The Morgan fingerprint density at radius 2 is 1.53 bits per heavy atom. The summed E-state index contributed by atoms with van der Waals surface area (Å²) < 4.78 is 29.4. The van der Waals surface area contributed by atoms with E-state index in [0.29, 0.717) is 5.56 Å². The van der Waals surface area contributed by atoms with Crippen LogP contribution in [0.4, 0.5) is 20.3 Å². The Hall–Kier alpha value is -4.53. The van der Waals surface area contributed by atoms with E-state index in [1.165, 1.54) is 0 Å². The van der Waals surface area contributed by atoms with E-state index in [0.717, 1.165) is 33.2 Å². The van der Waals surface area contributed by atoms with Crippen molar-refractivity contribution in [2.75, 3.05) is 10.6 Å². The third-order valence-electron chi connectivity index (χ3n) is 5.26. The summed E-state index contributed by atoms with van der Waals surface area (Å²) in [6.07, 6.45) is 0. The fourth-order valence-corrected chi connectivity index (χ4v) is 3.59. The molecule has 0 aliphatic heterocycles. The predicted octanol–water partition coefficient (Wildman–Crippen LogP) is 3.29. The maximum Gasteiger partial charge on any atom is 0.330 e. The van der Waals surface area contributed by atoms with Crippen molar-refractivity contribution in [1.82, 2.24) is 9.55 Å². The molecule has 1 aromatic heterocycles. The second-order valence-electron chi connectivity index (χ2n) is 7.57. The number of aromatic nitrogens is 2. The summed E-state index contributed by atoms with van der Waals surface area (Å²) in [6, 6.07) is 20.0. The Labute approximate surface area is 192 Å². The van der Waals surface area contributed by atoms with Crippen LogP contribution in [0.3, 0.4) is 0 Å². The van der Waals surface area contributed by atoms with Gasteiger partial charge in [-0.2, -0.15) is 0 Å². The molecule has 34 heavy (non-hydrogen) atoms. The van der Waals surface area contributed by atoms with E-state index < -0.39 is 34.4 Å². The van der Waals surface area contributed by atoms with Crippen LogP contribution in [-0.2, 0) is 13.1 Å². The van der Waals surface area contributed by atoms with Gasteiger partial charge in [0, 0.05) is 0 Å². The first-order chi connectivity index (χ1) is 16.3. The van der Waals surface area contributed by atoms with Gasteiger partial charge in [0.2, 0.25) is 0 Å². The highest BCUT2D eigenvalue weighted by Gasteiger charge is 2.27. The van der Waals surface area contributed by atoms with E-state index in [-0.39, 0.29) is 24.6 Å². The van der Waals surface area contributed by atoms with Gasteiger partial charge >= 0.3 is 5.69 Å². The molecule has 0 radical (unpaired) electrons. The number of carbonyl (C=O) groups excluding carboxylic acids is 1. The van der Waals surface area contributed by atoms with Crippen LogP contribution in [0.5, 0.6) is 0 Å². The van der Waals surface area contributed by atoms with Gasteiger partial charge in [-0.05, 0) is 29.3 Å². The standard InChI is InChI=1S/C25H20F2N4O3/c26-18-11-12-20(27)19(13-18)24(33)30(14-16-7-3-1-4-8-16)21-22(28)31(25(34)29-23(21)32)15-17-9-5-2-6-10-17/h1-13H,14-15,28H2,(H,29,32,34). The van der Waals surface area contributed by atoms with Crippen molar-refractivity contribution in [1.29, 1.82) is 0 Å². The summed E-state index contributed by atoms with van der Waals surface area (Å²) in [7, 11) is 0. The maximum atomic E-state index is 14.5. The maximum absolute atomic E-state index is 14.5. The van der Waals surface area contributed by atoms with E-state index in [1.54, 1.807) is 54.6 Å². The zero-order chi connectivity index (χ0) is 24.2. The van der Waals surface area contributed by atoms with E-state index >= 15 is 0 Å². The Bertz CT molecular complexity index is 1450. The van der Waals surface area contributed by atoms with Crippen molar-refractivity contribution in [3.8, 4) is 0 Å². The number of nitrogen functional groups attached to an aromatic ring is 1. The number of H-pyrrole nitrogens is 1. The summed E-state index contributed by atoms with van der Waals surface area (Å²) >= 11 is 0. The predicted molar refractivity (Wildman–Crippen MR) is 125 cm³/mol. The number of nitrogens with two attached hydrogens (primary N) is 1. The summed E-state index contributed by atoms with van der Waals surface area (Å²) in [5.41, 5.74) is 4.98. The van der Waals surface area contributed by atoms with Crippen LogP contribution in [0.1, 0.15) is 21.5 Å². The van der Waals surface area contributed by atoms with Crippen LogP contribution >= 0.6 is 0 Å². The van der Waals surface area contributed by atoms with Gasteiger partial charge in [0.05, 0.1) is 18.7 Å². The minimum Gasteiger partial charge on any atom is -0.383 e. The van der Waals surface area contributed by atoms with Gasteiger partial charge in [-0.1, -0.05) is 60.7 Å². The number of hydrogen-bond acceptors (Lipinski definition) is 4. The zero-order valence-corrected chi connectivity index (χ0v) is 17.9. The highest BCUT2D eigenvalue weighted by molar-refractivity contribution is 6.07. The molecule has 4 aromatic rings. The molecule has 7 nitrogen and oxygen atoms in total. The van der Waals surface area contributed by atoms with Gasteiger partial charge in [0.25, 0.3) is 11.5 Å². The summed E-state index contributed by atoms with van der Waals surface area (Å²) in [6.45, 7) is -0.149. The minimum absolute atomic E-state index is 0.0248. The number of carbonyl (C=O) groups is 1. The average molecular weight is 462 g/mol. The highest BCUT2D eigenvalue weighted by atomic mass is 19.1. The SMILES string of the molecule is Nc1c(N(Cc2ccccc2)C(=O)c2cc(F)ccc2F)c(=O)[nH]c(=O)n1Cc1ccccc1. The van der Waals surface area contributed by atoms with Crippen molar-refractivity contribution < 1.29 is 13.6 Å². The van der Waals surface area contributed by atoms with Crippen molar-refractivity contribution in [2.45, 2.75) is 13.1 Å². The fraction of sp³-hybridized carbons (Fsp3) is 0.0800. The van der Waals surface area contributed by atoms with Crippen LogP contribution in [0.2, 0.25) is 0 Å². The molecule has 0 saturated heterocycles. The van der Waals surface area contributed by atoms with Crippen LogP contribution in [0, 0.1) is 11.6 Å². The second kappa shape index (κ2) is 9.53. The van der Waals surface area contributed by atoms with E-state index in [4.69, 9.17) is 5.73 Å². The number of aromatic amines is 1. The number of nitrogens with zero attached hydrogens (tertiary/aromatic N) is 2. The third-order valence-corrected chi connectivity index (χ3v) is 5.26. The lowest BCUT2D eigenvalue weighted by molar-refractivity contribution is 0.0980. The molecule has 0 fully saturated rings. The molecule has 172 valence electrons. The minimum atomic E-state index is -0.983. The number of hydrogen-bond donors (Lipinski definition) is 2. The molecule has 9 heteroatoms. The van der Waals surface area contributed by atoms with E-state index in [2.05, 4.69) is 4.98 Å². The van der Waals surface area contributed by atoms with Gasteiger partial charge in [-0.15, -0.1) is 0 Å². The molecule has 3 N–H and O–H groups in total. The Morgan fingerprint density at radius 1 is 0.912 bits per heavy atom. The van der Waals surface area contributed by atoms with Crippen molar-refractivity contribution in [3.05, 3.63) is 128 Å². The van der Waals surface area contributed by atoms with Crippen LogP contribution in [-0.4, -0.2) is 15.5 Å². The lowest BCUT2D eigenvalue weighted by Gasteiger charge is -2.25. The molecule has 3 aromatic carbocycles. The van der Waals surface area contributed by atoms with Gasteiger partial charge in [0.15, 0.2) is 5.69 Å². The first kappa shape index (κ1) is 22.7. The molecular formula is C25H20F2N4O3. The molecule has 0 spiro atoms. The topological polar surface area (TPSA) is 101 Å². The molecule has 1 heterocycles. The lowest BCUT2D eigenvalue weighted by atomic mass is 10.1. The fourth-order valence-electron chi connectivity index (χ4n) is 3.59. The number of nitrogens with one attached hydrogen (secondary N) is 1. The number of benzene rings is 3. The summed E-state index contributed by atoms with van der Waals surface area (Å²) in [5, 5.41) is 0. The molecule has 0 aliphatic carbocycles. The van der Waals surface area contributed by atoms with Gasteiger partial charge in [-0.3, -0.25) is 24.0 Å². The van der Waals surface area contributed by atoms with E-state index in [1.807, 2.05) is 6.07 Å². The Kier molecular flexibility index (Phi) is 6.35. The van der Waals surface area contributed by atoms with Crippen molar-refractivity contribution in [2.24, 2.45) is 0 Å². The van der Waals surface area contributed by atoms with Crippen LogP contribution in [0.15, 0.2) is 88.5 Å². The average Bonchev–Trinajstić information content (AvgIpc) is 2.83. The zero-order valence-electron chi connectivity index (χ0n) is 17.9. The lowest BCUT2D eigenvalue weighted by Crippen LogP contribution is -2.41. The monoisotopic (exact) mass is 462 g/mol. The summed E-state index contributed by atoms with van der Waals surface area (Å²) in [4.78, 5) is 42.0. The van der Waals surface area contributed by atoms with Gasteiger partial charge < -0.3 is 5.73 Å². The Balaban J connectivity index is 1.88. The molecule has 4 rings (SSSR count).